The summed E-state index contributed by atoms with van der Waals surface area (Å²) < 4.78 is 5.83. The van der Waals surface area contributed by atoms with Gasteiger partial charge in [0.2, 0.25) is 0 Å². The van der Waals surface area contributed by atoms with E-state index >= 15 is 0 Å². The van der Waals surface area contributed by atoms with Crippen molar-refractivity contribution in [3.05, 3.63) is 59.7 Å². The van der Waals surface area contributed by atoms with E-state index in [1.165, 1.54) is 5.56 Å². The van der Waals surface area contributed by atoms with Crippen LogP contribution in [0.15, 0.2) is 53.6 Å². The fourth-order valence-electron chi connectivity index (χ4n) is 1.90. The Hall–Kier alpha value is -2.29. The van der Waals surface area contributed by atoms with E-state index < -0.39 is 0 Å². The van der Waals surface area contributed by atoms with Crippen molar-refractivity contribution in [2.75, 3.05) is 0 Å². The SMILES string of the molecule is CC(C)(C)c1ccc(Oc2cccc(C=NN)c2)cc1. The lowest BCUT2D eigenvalue weighted by atomic mass is 9.87. The van der Waals surface area contributed by atoms with E-state index in [4.69, 9.17) is 10.6 Å². The van der Waals surface area contributed by atoms with Crippen LogP contribution in [0.3, 0.4) is 0 Å². The van der Waals surface area contributed by atoms with Crippen LogP contribution >= 0.6 is 0 Å². The monoisotopic (exact) mass is 268 g/mol. The van der Waals surface area contributed by atoms with Gasteiger partial charge in [0.05, 0.1) is 6.21 Å². The van der Waals surface area contributed by atoms with E-state index in [0.717, 1.165) is 17.1 Å². The van der Waals surface area contributed by atoms with Crippen molar-refractivity contribution in [2.45, 2.75) is 26.2 Å². The Morgan fingerprint density at radius 2 is 1.70 bits per heavy atom. The molecule has 104 valence electrons. The number of nitrogens with zero attached hydrogens (tertiary/aromatic N) is 1. The lowest BCUT2D eigenvalue weighted by molar-refractivity contribution is 0.481. The minimum Gasteiger partial charge on any atom is -0.457 e. The first-order valence-electron chi connectivity index (χ1n) is 6.61. The highest BCUT2D eigenvalue weighted by atomic mass is 16.5. The topological polar surface area (TPSA) is 47.6 Å². The number of hydrogen-bond donors (Lipinski definition) is 1. The summed E-state index contributed by atoms with van der Waals surface area (Å²) in [6.45, 7) is 6.58. The van der Waals surface area contributed by atoms with Gasteiger partial charge in [-0.25, -0.2) is 0 Å². The second-order valence-corrected chi connectivity index (χ2v) is 5.73. The second-order valence-electron chi connectivity index (χ2n) is 5.73. The largest absolute Gasteiger partial charge is 0.457 e. The quantitative estimate of drug-likeness (QED) is 0.518. The van der Waals surface area contributed by atoms with Gasteiger partial charge in [0, 0.05) is 0 Å². The molecule has 0 aromatic heterocycles. The lowest BCUT2D eigenvalue weighted by Gasteiger charge is -2.19. The Bertz CT molecular complexity index is 595. The number of hydrogen-bond acceptors (Lipinski definition) is 3. The van der Waals surface area contributed by atoms with Gasteiger partial charge in [-0.15, -0.1) is 0 Å². The van der Waals surface area contributed by atoms with Gasteiger partial charge in [-0.3, -0.25) is 0 Å². The maximum Gasteiger partial charge on any atom is 0.128 e. The fourth-order valence-corrected chi connectivity index (χ4v) is 1.90. The van der Waals surface area contributed by atoms with Crippen molar-refractivity contribution in [3.8, 4) is 11.5 Å². The normalized spacial score (nSPS) is 11.8. The van der Waals surface area contributed by atoms with Crippen LogP contribution < -0.4 is 10.6 Å². The molecule has 2 aromatic carbocycles. The molecular weight excluding hydrogens is 248 g/mol. The van der Waals surface area contributed by atoms with Crippen LogP contribution in [0.4, 0.5) is 0 Å². The van der Waals surface area contributed by atoms with Crippen LogP contribution in [0.25, 0.3) is 0 Å². The number of hydrazone groups is 1. The molecule has 3 nitrogen and oxygen atoms in total. The predicted molar refractivity (Wildman–Crippen MR) is 83.4 cm³/mol. The molecule has 2 N–H and O–H groups in total. The summed E-state index contributed by atoms with van der Waals surface area (Å²) in [5.41, 5.74) is 2.35. The minimum absolute atomic E-state index is 0.149. The fraction of sp³-hybridized carbons (Fsp3) is 0.235. The molecule has 0 aliphatic carbocycles. The summed E-state index contributed by atoms with van der Waals surface area (Å²) in [7, 11) is 0. The predicted octanol–water partition coefficient (Wildman–Crippen LogP) is 4.07. The molecule has 20 heavy (non-hydrogen) atoms. The van der Waals surface area contributed by atoms with Crippen LogP contribution in [0.2, 0.25) is 0 Å². The van der Waals surface area contributed by atoms with Gasteiger partial charge in [0.25, 0.3) is 0 Å². The molecule has 2 rings (SSSR count). The van der Waals surface area contributed by atoms with Crippen molar-refractivity contribution in [1.82, 2.24) is 0 Å². The van der Waals surface area contributed by atoms with Crippen molar-refractivity contribution in [3.63, 3.8) is 0 Å². The second kappa shape index (κ2) is 5.78. The van der Waals surface area contributed by atoms with Crippen molar-refractivity contribution < 1.29 is 4.74 Å². The van der Waals surface area contributed by atoms with E-state index in [1.807, 2.05) is 36.4 Å². The van der Waals surface area contributed by atoms with Gasteiger partial charge in [-0.2, -0.15) is 5.10 Å². The summed E-state index contributed by atoms with van der Waals surface area (Å²) in [4.78, 5) is 0. The van der Waals surface area contributed by atoms with Crippen LogP contribution in [0.1, 0.15) is 31.9 Å². The van der Waals surface area contributed by atoms with Crippen molar-refractivity contribution in [1.29, 1.82) is 0 Å². The maximum atomic E-state index is 5.83. The molecule has 0 bridgehead atoms. The lowest BCUT2D eigenvalue weighted by Crippen LogP contribution is -2.10. The smallest absolute Gasteiger partial charge is 0.128 e. The number of nitrogens with two attached hydrogens (primary N) is 1. The molecule has 0 aliphatic heterocycles. The Kier molecular flexibility index (Phi) is 4.08. The highest BCUT2D eigenvalue weighted by Crippen LogP contribution is 2.27. The molecule has 0 saturated heterocycles. The Labute approximate surface area is 120 Å². The van der Waals surface area contributed by atoms with Gasteiger partial charge in [-0.05, 0) is 40.8 Å². The molecule has 0 radical (unpaired) electrons. The number of ether oxygens (including phenoxy) is 1. The third kappa shape index (κ3) is 3.60. The molecule has 0 atom stereocenters. The molecular formula is C17H20N2O. The van der Waals surface area contributed by atoms with E-state index in [1.54, 1.807) is 6.21 Å². The Morgan fingerprint density at radius 3 is 2.30 bits per heavy atom. The summed E-state index contributed by atoms with van der Waals surface area (Å²) in [6.07, 6.45) is 1.59. The number of rotatable bonds is 3. The maximum absolute atomic E-state index is 5.83. The molecule has 0 spiro atoms. The molecule has 0 fully saturated rings. The van der Waals surface area contributed by atoms with Crippen LogP contribution in [0, 0.1) is 0 Å². The third-order valence-electron chi connectivity index (χ3n) is 3.04. The zero-order chi connectivity index (χ0) is 14.6. The average Bonchev–Trinajstić information content (AvgIpc) is 2.39. The molecule has 0 unspecified atom stereocenters. The van der Waals surface area contributed by atoms with Gasteiger partial charge >= 0.3 is 0 Å². The molecule has 0 amide bonds. The molecule has 0 saturated carbocycles. The van der Waals surface area contributed by atoms with E-state index in [9.17, 15) is 0 Å². The van der Waals surface area contributed by atoms with Crippen LogP contribution in [-0.4, -0.2) is 6.21 Å². The van der Waals surface area contributed by atoms with E-state index in [-0.39, 0.29) is 5.41 Å². The third-order valence-corrected chi connectivity index (χ3v) is 3.04. The van der Waals surface area contributed by atoms with Gasteiger partial charge < -0.3 is 10.6 Å². The first kappa shape index (κ1) is 14.1. The average molecular weight is 268 g/mol. The summed E-state index contributed by atoms with van der Waals surface area (Å²) in [5, 5.41) is 3.51. The molecule has 0 aliphatic rings. The highest BCUT2D eigenvalue weighted by Gasteiger charge is 2.13. The van der Waals surface area contributed by atoms with Crippen LogP contribution in [-0.2, 0) is 5.41 Å². The summed E-state index contributed by atoms with van der Waals surface area (Å²) >= 11 is 0. The first-order valence-corrected chi connectivity index (χ1v) is 6.61. The Balaban J connectivity index is 2.16. The highest BCUT2D eigenvalue weighted by molar-refractivity contribution is 5.79. The summed E-state index contributed by atoms with van der Waals surface area (Å²) in [6, 6.07) is 15.8. The van der Waals surface area contributed by atoms with E-state index in [0.29, 0.717) is 0 Å². The standard InChI is InChI=1S/C17H20N2O/c1-17(2,3)14-7-9-15(10-8-14)20-16-6-4-5-13(11-16)12-19-18/h4-12H,18H2,1-3H3. The van der Waals surface area contributed by atoms with Gasteiger partial charge in [0.1, 0.15) is 11.5 Å². The van der Waals surface area contributed by atoms with Crippen molar-refractivity contribution >= 4 is 6.21 Å². The Morgan fingerprint density at radius 1 is 1.00 bits per heavy atom. The summed E-state index contributed by atoms with van der Waals surface area (Å²) in [5.74, 6) is 6.74. The van der Waals surface area contributed by atoms with Gasteiger partial charge in [-0.1, -0.05) is 45.0 Å². The molecule has 0 heterocycles. The zero-order valence-corrected chi connectivity index (χ0v) is 12.1. The van der Waals surface area contributed by atoms with E-state index in [2.05, 4.69) is 38.0 Å². The van der Waals surface area contributed by atoms with Crippen LogP contribution in [0.5, 0.6) is 11.5 Å². The van der Waals surface area contributed by atoms with Crippen molar-refractivity contribution in [2.24, 2.45) is 10.9 Å². The molecule has 2 aromatic rings. The first-order chi connectivity index (χ1) is 9.49. The molecule has 3 heteroatoms. The zero-order valence-electron chi connectivity index (χ0n) is 12.1. The minimum atomic E-state index is 0.149. The number of benzene rings is 2. The van der Waals surface area contributed by atoms with Gasteiger partial charge in [0.15, 0.2) is 0 Å².